The fraction of sp³-hybridized carbons (Fsp3) is 0.400. The highest BCUT2D eigenvalue weighted by Crippen LogP contribution is 1.96. The van der Waals surface area contributed by atoms with Crippen LogP contribution in [-0.4, -0.2) is 25.0 Å². The van der Waals surface area contributed by atoms with E-state index < -0.39 is 5.97 Å². The molecular weight excluding hydrogens is 184 g/mol. The van der Waals surface area contributed by atoms with Gasteiger partial charge in [-0.25, -0.2) is 4.79 Å². The van der Waals surface area contributed by atoms with E-state index in [4.69, 9.17) is 9.47 Å². The number of carbonyl (C=O) groups excluding carboxylic acids is 2. The van der Waals surface area contributed by atoms with Gasteiger partial charge in [-0.15, -0.1) is 0 Å². The summed E-state index contributed by atoms with van der Waals surface area (Å²) in [5, 5.41) is 0. The first-order valence-electron chi connectivity index (χ1n) is 4.10. The molecule has 0 aromatic carbocycles. The summed E-state index contributed by atoms with van der Waals surface area (Å²) in [7, 11) is 0. The van der Waals surface area contributed by atoms with Gasteiger partial charge in [0, 0.05) is 12.5 Å². The predicted octanol–water partition coefficient (Wildman–Crippen LogP) is 1.23. The molecule has 0 amide bonds. The molecule has 0 aromatic heterocycles. The second kappa shape index (κ2) is 5.96. The second-order valence-electron chi connectivity index (χ2n) is 2.74. The summed E-state index contributed by atoms with van der Waals surface area (Å²) in [6.07, 6.45) is 0. The average molecular weight is 198 g/mol. The van der Waals surface area contributed by atoms with Gasteiger partial charge in [0.15, 0.2) is 11.5 Å². The van der Waals surface area contributed by atoms with Crippen LogP contribution in [0, 0.1) is 0 Å². The Bertz CT molecular complexity index is 237. The molecule has 0 radical (unpaired) electrons. The van der Waals surface area contributed by atoms with Gasteiger partial charge in [0.05, 0.1) is 0 Å². The van der Waals surface area contributed by atoms with Crippen molar-refractivity contribution in [1.82, 2.24) is 0 Å². The molecule has 0 atom stereocenters. The molecule has 0 spiro atoms. The van der Waals surface area contributed by atoms with Crippen molar-refractivity contribution in [3.05, 3.63) is 24.5 Å². The van der Waals surface area contributed by atoms with Crippen LogP contribution in [0.25, 0.3) is 0 Å². The summed E-state index contributed by atoms with van der Waals surface area (Å²) in [6, 6.07) is 0. The maximum atomic E-state index is 10.9. The van der Waals surface area contributed by atoms with Crippen molar-refractivity contribution >= 4 is 11.8 Å². The fourth-order valence-electron chi connectivity index (χ4n) is 0.524. The lowest BCUT2D eigenvalue weighted by Gasteiger charge is -2.06. The molecule has 0 rings (SSSR count). The van der Waals surface area contributed by atoms with Crippen molar-refractivity contribution in [1.29, 1.82) is 0 Å². The van der Waals surface area contributed by atoms with Gasteiger partial charge in [-0.1, -0.05) is 13.2 Å². The van der Waals surface area contributed by atoms with E-state index in [1.165, 1.54) is 6.92 Å². The number of ketones is 1. The Morgan fingerprint density at radius 2 is 1.57 bits per heavy atom. The zero-order valence-corrected chi connectivity index (χ0v) is 8.46. The topological polar surface area (TPSA) is 52.6 Å². The summed E-state index contributed by atoms with van der Waals surface area (Å²) in [5.74, 6) is -0.644. The van der Waals surface area contributed by atoms with Gasteiger partial charge in [0.2, 0.25) is 0 Å². The third-order valence-electron chi connectivity index (χ3n) is 1.33. The van der Waals surface area contributed by atoms with Crippen LogP contribution in [0.4, 0.5) is 0 Å². The largest absolute Gasteiger partial charge is 0.487 e. The standard InChI is InChI=1S/C10H14O4/c1-7(2)10(12)14-6-5-13-9(4)8(3)11/h1,4-6H2,2-3H3. The van der Waals surface area contributed by atoms with Crippen LogP contribution in [-0.2, 0) is 19.1 Å². The first kappa shape index (κ1) is 12.4. The molecule has 4 nitrogen and oxygen atoms in total. The van der Waals surface area contributed by atoms with Gasteiger partial charge in [0.1, 0.15) is 13.2 Å². The van der Waals surface area contributed by atoms with Gasteiger partial charge < -0.3 is 9.47 Å². The highest BCUT2D eigenvalue weighted by atomic mass is 16.6. The third-order valence-corrected chi connectivity index (χ3v) is 1.33. The fourth-order valence-corrected chi connectivity index (χ4v) is 0.524. The smallest absolute Gasteiger partial charge is 0.333 e. The predicted molar refractivity (Wildman–Crippen MR) is 51.5 cm³/mol. The van der Waals surface area contributed by atoms with E-state index in [1.54, 1.807) is 6.92 Å². The van der Waals surface area contributed by atoms with Crippen molar-refractivity contribution in [2.45, 2.75) is 13.8 Å². The zero-order valence-electron chi connectivity index (χ0n) is 8.46. The lowest BCUT2D eigenvalue weighted by atomic mass is 10.4. The number of hydrogen-bond acceptors (Lipinski definition) is 4. The van der Waals surface area contributed by atoms with Crippen LogP contribution in [0.15, 0.2) is 24.5 Å². The van der Waals surface area contributed by atoms with Gasteiger partial charge in [0.25, 0.3) is 0 Å². The van der Waals surface area contributed by atoms with E-state index in [9.17, 15) is 9.59 Å². The summed E-state index contributed by atoms with van der Waals surface area (Å²) < 4.78 is 9.60. The normalized spacial score (nSPS) is 9.00. The van der Waals surface area contributed by atoms with E-state index in [1.807, 2.05) is 0 Å². The van der Waals surface area contributed by atoms with E-state index in [0.717, 1.165) is 0 Å². The molecule has 0 saturated heterocycles. The molecule has 0 heterocycles. The second-order valence-corrected chi connectivity index (χ2v) is 2.74. The summed E-state index contributed by atoms with van der Waals surface area (Å²) in [6.45, 7) is 9.89. The molecule has 0 aliphatic heterocycles. The Kier molecular flexibility index (Phi) is 5.29. The Labute approximate surface area is 83.2 Å². The van der Waals surface area contributed by atoms with Crippen LogP contribution in [0.1, 0.15) is 13.8 Å². The molecule has 0 unspecified atom stereocenters. The molecule has 0 aliphatic rings. The monoisotopic (exact) mass is 198 g/mol. The van der Waals surface area contributed by atoms with Crippen LogP contribution >= 0.6 is 0 Å². The SMILES string of the molecule is C=C(C)C(=O)OCCOC(=C)C(C)=O. The minimum atomic E-state index is -0.470. The van der Waals surface area contributed by atoms with E-state index >= 15 is 0 Å². The van der Waals surface area contributed by atoms with E-state index in [-0.39, 0.29) is 24.8 Å². The van der Waals surface area contributed by atoms with Gasteiger partial charge >= 0.3 is 5.97 Å². The number of Topliss-reactive ketones (excluding diaryl/α,β-unsaturated/α-hetero) is 1. The molecule has 0 bridgehead atoms. The lowest BCUT2D eigenvalue weighted by molar-refractivity contribution is -0.140. The highest BCUT2D eigenvalue weighted by molar-refractivity contribution is 5.90. The third kappa shape index (κ3) is 5.13. The van der Waals surface area contributed by atoms with Crippen molar-refractivity contribution in [2.75, 3.05) is 13.2 Å². The minimum absolute atomic E-state index is 0.0661. The molecule has 0 fully saturated rings. The molecule has 0 aromatic rings. The number of ether oxygens (including phenoxy) is 2. The van der Waals surface area contributed by atoms with Crippen molar-refractivity contribution in [3.63, 3.8) is 0 Å². The lowest BCUT2D eigenvalue weighted by Crippen LogP contribution is -2.12. The highest BCUT2D eigenvalue weighted by Gasteiger charge is 2.04. The van der Waals surface area contributed by atoms with Crippen LogP contribution in [0.5, 0.6) is 0 Å². The minimum Gasteiger partial charge on any atom is -0.487 e. The average Bonchev–Trinajstić information content (AvgIpc) is 2.11. The van der Waals surface area contributed by atoms with Crippen molar-refractivity contribution in [3.8, 4) is 0 Å². The molecule has 0 saturated carbocycles. The quantitative estimate of drug-likeness (QED) is 0.279. The van der Waals surface area contributed by atoms with Crippen molar-refractivity contribution < 1.29 is 19.1 Å². The zero-order chi connectivity index (χ0) is 11.1. The summed E-state index contributed by atoms with van der Waals surface area (Å²) in [4.78, 5) is 21.5. The molecule has 4 heteroatoms. The van der Waals surface area contributed by atoms with Gasteiger partial charge in [-0.3, -0.25) is 4.79 Å². The number of esters is 1. The molecule has 78 valence electrons. The first-order chi connectivity index (χ1) is 6.45. The maximum absolute atomic E-state index is 10.9. The Morgan fingerprint density at radius 3 is 2.00 bits per heavy atom. The summed E-state index contributed by atoms with van der Waals surface area (Å²) >= 11 is 0. The first-order valence-corrected chi connectivity index (χ1v) is 4.10. The molecular formula is C10H14O4. The molecule has 0 aliphatic carbocycles. The Balaban J connectivity index is 3.57. The van der Waals surface area contributed by atoms with E-state index in [2.05, 4.69) is 13.2 Å². The number of rotatable bonds is 6. The van der Waals surface area contributed by atoms with Crippen LogP contribution in [0.3, 0.4) is 0 Å². The molecule has 14 heavy (non-hydrogen) atoms. The van der Waals surface area contributed by atoms with Gasteiger partial charge in [-0.05, 0) is 6.92 Å². The van der Waals surface area contributed by atoms with Crippen molar-refractivity contribution in [2.24, 2.45) is 0 Å². The number of carbonyl (C=O) groups is 2. The number of allylic oxidation sites excluding steroid dienone is 1. The Hall–Kier alpha value is -1.58. The van der Waals surface area contributed by atoms with Crippen LogP contribution < -0.4 is 0 Å². The maximum Gasteiger partial charge on any atom is 0.333 e. The molecule has 0 N–H and O–H groups in total. The van der Waals surface area contributed by atoms with Crippen LogP contribution in [0.2, 0.25) is 0 Å². The van der Waals surface area contributed by atoms with Gasteiger partial charge in [-0.2, -0.15) is 0 Å². The number of hydrogen-bond donors (Lipinski definition) is 0. The van der Waals surface area contributed by atoms with E-state index in [0.29, 0.717) is 5.57 Å². The summed E-state index contributed by atoms with van der Waals surface area (Å²) in [5.41, 5.74) is 0.329. The Morgan fingerprint density at radius 1 is 1.07 bits per heavy atom.